The van der Waals surface area contributed by atoms with Crippen LogP contribution in [-0.2, 0) is 19.3 Å². The number of fused-ring (bicyclic) bond motifs is 1. The van der Waals surface area contributed by atoms with Crippen molar-refractivity contribution in [3.05, 3.63) is 39.1 Å². The lowest BCUT2D eigenvalue weighted by molar-refractivity contribution is -0.137. The van der Waals surface area contributed by atoms with Gasteiger partial charge in [-0.1, -0.05) is 12.1 Å². The number of carbonyl (C=O) groups is 1. The van der Waals surface area contributed by atoms with E-state index in [4.69, 9.17) is 0 Å². The molecule has 0 saturated heterocycles. The summed E-state index contributed by atoms with van der Waals surface area (Å²) in [6.45, 7) is 2.42. The number of carboxylic acid groups (broad SMARTS) is 1. The summed E-state index contributed by atoms with van der Waals surface area (Å²) in [5.74, 6) is 0. The summed E-state index contributed by atoms with van der Waals surface area (Å²) in [7, 11) is 0. The molecule has 0 spiro atoms. The zero-order valence-electron chi connectivity index (χ0n) is 12.5. The Labute approximate surface area is 149 Å². The van der Waals surface area contributed by atoms with Crippen LogP contribution in [0.25, 0.3) is 11.3 Å². The molecule has 0 aliphatic carbocycles. The van der Waals surface area contributed by atoms with Crippen LogP contribution in [0, 0.1) is 3.57 Å². The van der Waals surface area contributed by atoms with E-state index in [1.165, 1.54) is 17.0 Å². The van der Waals surface area contributed by atoms with Crippen LogP contribution in [0.2, 0.25) is 0 Å². The number of hydrogen-bond donors (Lipinski definition) is 1. The molecule has 0 saturated carbocycles. The Hall–Kier alpha value is -1.78. The molecule has 0 unspecified atom stereocenters. The lowest BCUT2D eigenvalue weighted by Crippen LogP contribution is -2.44. The fraction of sp³-hybridized carbons (Fsp3) is 0.333. The Balaban J connectivity index is 1.97. The standard InChI is InChI=1S/C15H13F3IN3O2/c1-8-6-22-11(7-21(8)14(23)24)12(19)13(20-22)9-2-4-10(5-3-9)15(16,17)18/h2-5,8H,6-7H2,1H3,(H,23,24)/t8-/m1/s1. The topological polar surface area (TPSA) is 58.4 Å². The number of nitrogens with zero attached hydrogens (tertiary/aromatic N) is 3. The lowest BCUT2D eigenvalue weighted by atomic mass is 10.1. The van der Waals surface area contributed by atoms with Gasteiger partial charge in [0.1, 0.15) is 5.69 Å². The van der Waals surface area contributed by atoms with Crippen molar-refractivity contribution in [3.63, 3.8) is 0 Å². The number of hydrogen-bond acceptors (Lipinski definition) is 2. The molecule has 24 heavy (non-hydrogen) atoms. The van der Waals surface area contributed by atoms with Crippen molar-refractivity contribution in [1.82, 2.24) is 14.7 Å². The van der Waals surface area contributed by atoms with E-state index in [0.717, 1.165) is 21.4 Å². The maximum absolute atomic E-state index is 12.7. The number of aromatic nitrogens is 2. The Bertz CT molecular complexity index is 786. The van der Waals surface area contributed by atoms with Crippen LogP contribution < -0.4 is 0 Å². The molecule has 1 aliphatic heterocycles. The highest BCUT2D eigenvalue weighted by molar-refractivity contribution is 14.1. The van der Waals surface area contributed by atoms with E-state index in [9.17, 15) is 23.1 Å². The minimum absolute atomic E-state index is 0.211. The molecule has 0 radical (unpaired) electrons. The van der Waals surface area contributed by atoms with Crippen LogP contribution in [0.15, 0.2) is 24.3 Å². The Morgan fingerprint density at radius 3 is 2.50 bits per heavy atom. The monoisotopic (exact) mass is 451 g/mol. The Morgan fingerprint density at radius 2 is 1.96 bits per heavy atom. The van der Waals surface area contributed by atoms with E-state index in [1.54, 1.807) is 11.6 Å². The lowest BCUT2D eigenvalue weighted by Gasteiger charge is -2.31. The summed E-state index contributed by atoms with van der Waals surface area (Å²) in [6.07, 6.45) is -5.38. The average molecular weight is 451 g/mol. The Morgan fingerprint density at radius 1 is 1.33 bits per heavy atom. The summed E-state index contributed by atoms with van der Waals surface area (Å²) >= 11 is 2.06. The first kappa shape index (κ1) is 17.1. The number of amides is 1. The predicted molar refractivity (Wildman–Crippen MR) is 88.4 cm³/mol. The summed E-state index contributed by atoms with van der Waals surface area (Å²) < 4.78 is 40.5. The second-order valence-electron chi connectivity index (χ2n) is 5.63. The maximum Gasteiger partial charge on any atom is 0.416 e. The molecule has 1 aliphatic rings. The predicted octanol–water partition coefficient (Wildman–Crippen LogP) is 4.06. The van der Waals surface area contributed by atoms with Crippen LogP contribution in [-0.4, -0.2) is 31.9 Å². The van der Waals surface area contributed by atoms with Crippen LogP contribution in [0.5, 0.6) is 0 Å². The van der Waals surface area contributed by atoms with Gasteiger partial charge in [0.05, 0.1) is 34.0 Å². The first-order chi connectivity index (χ1) is 11.2. The van der Waals surface area contributed by atoms with Crippen molar-refractivity contribution < 1.29 is 23.1 Å². The highest BCUT2D eigenvalue weighted by Gasteiger charge is 2.32. The van der Waals surface area contributed by atoms with Gasteiger partial charge in [-0.2, -0.15) is 18.3 Å². The van der Waals surface area contributed by atoms with Crippen molar-refractivity contribution in [2.75, 3.05) is 0 Å². The van der Waals surface area contributed by atoms with Gasteiger partial charge in [-0.05, 0) is 41.6 Å². The zero-order valence-corrected chi connectivity index (χ0v) is 14.7. The largest absolute Gasteiger partial charge is 0.465 e. The third-order valence-corrected chi connectivity index (χ3v) is 5.15. The molecular formula is C15H13F3IN3O2. The van der Waals surface area contributed by atoms with Crippen molar-refractivity contribution in [2.45, 2.75) is 32.2 Å². The highest BCUT2D eigenvalue weighted by atomic mass is 127. The SMILES string of the molecule is C[C@@H]1Cn2nc(-c3ccc(C(F)(F)F)cc3)c(I)c2CN1C(=O)O. The first-order valence-corrected chi connectivity index (χ1v) is 8.18. The molecule has 0 fully saturated rings. The minimum Gasteiger partial charge on any atom is -0.465 e. The maximum atomic E-state index is 12.7. The minimum atomic E-state index is -4.38. The molecule has 9 heteroatoms. The molecule has 1 N–H and O–H groups in total. The van der Waals surface area contributed by atoms with E-state index < -0.39 is 17.8 Å². The van der Waals surface area contributed by atoms with Gasteiger partial charge in [-0.15, -0.1) is 0 Å². The molecule has 3 rings (SSSR count). The van der Waals surface area contributed by atoms with Crippen molar-refractivity contribution in [3.8, 4) is 11.3 Å². The third-order valence-electron chi connectivity index (χ3n) is 4.01. The molecule has 1 atom stereocenters. The smallest absolute Gasteiger partial charge is 0.416 e. The van der Waals surface area contributed by atoms with Gasteiger partial charge in [0.2, 0.25) is 0 Å². The average Bonchev–Trinajstić information content (AvgIpc) is 2.81. The van der Waals surface area contributed by atoms with E-state index >= 15 is 0 Å². The summed E-state index contributed by atoms with van der Waals surface area (Å²) in [5.41, 5.74) is 1.18. The van der Waals surface area contributed by atoms with Crippen LogP contribution >= 0.6 is 22.6 Å². The molecule has 5 nitrogen and oxygen atoms in total. The van der Waals surface area contributed by atoms with E-state index in [0.29, 0.717) is 17.8 Å². The molecule has 1 aromatic heterocycles. The van der Waals surface area contributed by atoms with Crippen molar-refractivity contribution in [2.24, 2.45) is 0 Å². The number of alkyl halides is 3. The molecule has 2 aromatic rings. The van der Waals surface area contributed by atoms with E-state index in [1.807, 2.05) is 0 Å². The molecular weight excluding hydrogens is 438 g/mol. The van der Waals surface area contributed by atoms with Gasteiger partial charge < -0.3 is 5.11 Å². The molecule has 128 valence electrons. The fourth-order valence-corrected chi connectivity index (χ4v) is 3.57. The van der Waals surface area contributed by atoms with Gasteiger partial charge in [-0.3, -0.25) is 9.58 Å². The quantitative estimate of drug-likeness (QED) is 0.666. The molecule has 1 amide bonds. The highest BCUT2D eigenvalue weighted by Crippen LogP contribution is 2.34. The Kier molecular flexibility index (Phi) is 4.22. The van der Waals surface area contributed by atoms with Crippen LogP contribution in [0.4, 0.5) is 18.0 Å². The number of benzene rings is 1. The van der Waals surface area contributed by atoms with Gasteiger partial charge in [-0.25, -0.2) is 4.79 Å². The fourth-order valence-electron chi connectivity index (χ4n) is 2.70. The van der Waals surface area contributed by atoms with Gasteiger partial charge in [0.25, 0.3) is 0 Å². The van der Waals surface area contributed by atoms with Gasteiger partial charge >= 0.3 is 12.3 Å². The van der Waals surface area contributed by atoms with Gasteiger partial charge in [0, 0.05) is 5.56 Å². The third kappa shape index (κ3) is 2.96. The number of halogens is 4. The molecule has 0 bridgehead atoms. The van der Waals surface area contributed by atoms with Crippen molar-refractivity contribution in [1.29, 1.82) is 0 Å². The second-order valence-corrected chi connectivity index (χ2v) is 6.70. The second kappa shape index (κ2) is 5.94. The van der Waals surface area contributed by atoms with Crippen LogP contribution in [0.1, 0.15) is 18.2 Å². The molecule has 2 heterocycles. The first-order valence-electron chi connectivity index (χ1n) is 7.11. The number of rotatable bonds is 1. The van der Waals surface area contributed by atoms with Crippen LogP contribution in [0.3, 0.4) is 0 Å². The van der Waals surface area contributed by atoms with E-state index in [2.05, 4.69) is 27.7 Å². The van der Waals surface area contributed by atoms with Gasteiger partial charge in [0.15, 0.2) is 0 Å². The summed E-state index contributed by atoms with van der Waals surface area (Å²) in [4.78, 5) is 12.6. The normalized spacial score (nSPS) is 17.7. The van der Waals surface area contributed by atoms with Crippen molar-refractivity contribution >= 4 is 28.7 Å². The zero-order chi connectivity index (χ0) is 17.6. The summed E-state index contributed by atoms with van der Waals surface area (Å²) in [5, 5.41) is 13.7. The molecule has 1 aromatic carbocycles. The van der Waals surface area contributed by atoms with E-state index in [-0.39, 0.29) is 12.6 Å². The summed E-state index contributed by atoms with van der Waals surface area (Å²) in [6, 6.07) is 4.60.